The minimum atomic E-state index is -2.38. The number of aromatic hydroxyl groups is 3. The van der Waals surface area contributed by atoms with Crippen molar-refractivity contribution in [2.75, 3.05) is 33.4 Å². The first-order valence-corrected chi connectivity index (χ1v) is 41.6. The maximum atomic E-state index is 16.6. The number of carbonyl (C=O) groups excluding carboxylic acids is 9. The number of benzene rings is 5. The molecule has 7 aliphatic heterocycles. The largest absolute Gasteiger partial charge is 0.508 e. The Kier molecular flexibility index (Phi) is 27.7. The number of rotatable bonds is 21. The minimum Gasteiger partial charge on any atom is -0.508 e. The highest BCUT2D eigenvalue weighted by Gasteiger charge is 2.53. The quantitative estimate of drug-likeness (QED) is 0.0468. The lowest BCUT2D eigenvalue weighted by Gasteiger charge is -2.54. The zero-order valence-corrected chi connectivity index (χ0v) is 69.3. The molecule has 6 fully saturated rings. The highest BCUT2D eigenvalue weighted by Crippen LogP contribution is 2.55. The van der Waals surface area contributed by atoms with Gasteiger partial charge in [0.25, 0.3) is 5.91 Å². The van der Waals surface area contributed by atoms with Gasteiger partial charge in [-0.05, 0) is 204 Å². The van der Waals surface area contributed by atoms with E-state index in [1.807, 2.05) is 20.8 Å². The lowest BCUT2D eigenvalue weighted by molar-refractivity contribution is -0.333. The van der Waals surface area contributed by atoms with Gasteiger partial charge in [-0.3, -0.25) is 48.5 Å². The molecule has 0 radical (unpaired) electrons. The van der Waals surface area contributed by atoms with E-state index in [2.05, 4.69) is 53.2 Å². The summed E-state index contributed by atoms with van der Waals surface area (Å²) < 4.78 is 45.0. The Bertz CT molecular complexity index is 4760. The molecule has 0 aromatic heterocycles. The summed E-state index contributed by atoms with van der Waals surface area (Å²) in [6, 6.07) is 0.735. The van der Waals surface area contributed by atoms with Gasteiger partial charge in [-0.1, -0.05) is 50.6 Å². The summed E-state index contributed by atoms with van der Waals surface area (Å²) in [5, 5.41) is 134. The van der Waals surface area contributed by atoms with Crippen molar-refractivity contribution < 1.29 is 122 Å². The first-order valence-electron chi connectivity index (χ1n) is 41.2. The van der Waals surface area contributed by atoms with Gasteiger partial charge in [0.1, 0.15) is 102 Å². The number of halogens is 1. The normalized spacial score (nSPS) is 31.1. The highest BCUT2D eigenvalue weighted by molar-refractivity contribution is 6.32. The van der Waals surface area contributed by atoms with E-state index in [1.54, 1.807) is 0 Å². The minimum absolute atomic E-state index is 0.0128. The zero-order valence-electron chi connectivity index (χ0n) is 68.6. The van der Waals surface area contributed by atoms with Gasteiger partial charge in [0.15, 0.2) is 23.9 Å². The van der Waals surface area contributed by atoms with Crippen LogP contribution in [0.1, 0.15) is 163 Å². The molecular formula is C85H108ClN11O25. The van der Waals surface area contributed by atoms with Crippen LogP contribution in [0, 0.1) is 36.5 Å². The van der Waals surface area contributed by atoms with Crippen molar-refractivity contribution >= 4 is 64.8 Å². The lowest BCUT2D eigenvalue weighted by Crippen LogP contribution is -2.64. The van der Waals surface area contributed by atoms with Crippen molar-refractivity contribution in [1.82, 2.24) is 53.2 Å². The Morgan fingerprint density at radius 1 is 0.689 bits per heavy atom. The summed E-state index contributed by atoms with van der Waals surface area (Å²) in [6.07, 6.45) is -14.7. The molecule has 7 heterocycles. The molecule has 21 N–H and O–H groups in total. The third-order valence-electron chi connectivity index (χ3n) is 24.3. The van der Waals surface area contributed by atoms with Gasteiger partial charge in [-0.25, -0.2) is 0 Å². The summed E-state index contributed by atoms with van der Waals surface area (Å²) in [7, 11) is 1.49. The Hall–Kier alpha value is -9.90. The lowest BCUT2D eigenvalue weighted by atomic mass is 9.54. The summed E-state index contributed by atoms with van der Waals surface area (Å²) in [4.78, 5) is 138. The van der Waals surface area contributed by atoms with Crippen LogP contribution in [-0.4, -0.2) is 224 Å². The van der Waals surface area contributed by atoms with Crippen molar-refractivity contribution in [3.8, 4) is 57.1 Å². The van der Waals surface area contributed by atoms with Crippen molar-refractivity contribution in [2.24, 2.45) is 35.3 Å². The number of nitrogens with one attached hydrogen (secondary N) is 10. The van der Waals surface area contributed by atoms with E-state index in [1.165, 1.54) is 65.1 Å². The number of fused-ring (bicyclic) bond motifs is 15. The second-order valence-corrected chi connectivity index (χ2v) is 34.3. The number of nitrogens with two attached hydrogens (primary N) is 1. The van der Waals surface area contributed by atoms with Gasteiger partial charge >= 0.3 is 0 Å². The van der Waals surface area contributed by atoms with Crippen LogP contribution in [0.2, 0.25) is 5.02 Å². The molecule has 4 saturated carbocycles. The molecule has 36 nitrogen and oxygen atoms in total. The maximum absolute atomic E-state index is 16.6. The second kappa shape index (κ2) is 37.7. The van der Waals surface area contributed by atoms with E-state index < -0.39 is 227 Å². The monoisotopic (exact) mass is 1720 g/mol. The topological polar surface area (TPSA) is 547 Å². The predicted molar refractivity (Wildman–Crippen MR) is 433 cm³/mol. The number of aliphatic hydroxyl groups excluding tert-OH is 6. The molecule has 2 saturated heterocycles. The van der Waals surface area contributed by atoms with Gasteiger partial charge in [-0.15, -0.1) is 0 Å². The van der Waals surface area contributed by atoms with Crippen molar-refractivity contribution in [3.05, 3.63) is 117 Å². The number of aliphatic hydroxyl groups is 6. The zero-order chi connectivity index (χ0) is 87.8. The van der Waals surface area contributed by atoms with E-state index in [0.717, 1.165) is 87.1 Å². The number of phenols is 3. The third kappa shape index (κ3) is 19.5. The van der Waals surface area contributed by atoms with Crippen LogP contribution in [-0.2, 0) is 62.1 Å². The molecule has 0 spiro atoms. The summed E-state index contributed by atoms with van der Waals surface area (Å²) in [5.41, 5.74) is 3.33. The number of ether oxygens (including phenoxy) is 7. The van der Waals surface area contributed by atoms with Crippen LogP contribution >= 0.6 is 11.6 Å². The average molecular weight is 1720 g/mol. The molecule has 11 aliphatic rings. The van der Waals surface area contributed by atoms with E-state index >= 15 is 28.8 Å². The highest BCUT2D eigenvalue weighted by atomic mass is 35.5. The Balaban J connectivity index is 1.01. The first-order chi connectivity index (χ1) is 58.0. The summed E-state index contributed by atoms with van der Waals surface area (Å²) >= 11 is 7.29. The molecular weight excluding hydrogens is 1610 g/mol. The Morgan fingerprint density at radius 2 is 1.34 bits per heavy atom. The fourth-order valence-electron chi connectivity index (χ4n) is 18.1. The molecule has 5 aromatic carbocycles. The molecule has 122 heavy (non-hydrogen) atoms. The van der Waals surface area contributed by atoms with Crippen molar-refractivity contribution in [2.45, 2.75) is 228 Å². The van der Waals surface area contributed by atoms with Gasteiger partial charge in [0.2, 0.25) is 59.3 Å². The third-order valence-corrected chi connectivity index (χ3v) is 24.6. The molecule has 660 valence electrons. The van der Waals surface area contributed by atoms with E-state index in [-0.39, 0.29) is 93.7 Å². The van der Waals surface area contributed by atoms with Crippen LogP contribution in [0.4, 0.5) is 0 Å². The number of hydrogen-bond donors (Lipinski definition) is 20. The van der Waals surface area contributed by atoms with Gasteiger partial charge in [0, 0.05) is 41.7 Å². The Labute approximate surface area is 707 Å². The first kappa shape index (κ1) is 89.8. The molecule has 4 aliphatic carbocycles. The summed E-state index contributed by atoms with van der Waals surface area (Å²) in [6.45, 7) is 11.5. The number of amides is 9. The van der Waals surface area contributed by atoms with E-state index in [9.17, 15) is 60.3 Å². The predicted octanol–water partition coefficient (Wildman–Crippen LogP) is 2.18. The number of likely N-dealkylation sites (N-methyl/N-ethyl adjacent to an activating group) is 1. The SMILES string of the molecule is CCCNCCOC(C)C(=O)NC(=O)C[C@@H]1NC(=O)[C@H](NC(=O)[C@@H](CC(C)C)NC)[C@H](O)c2ccc(c(C)c2)Oc2cc3cc(c2O[C@@H]2O[C@H](CO)[C@@H](O)[C@H](O)[C@H]2O[C@H]2C[C@](C)(N)[C@H](O)[C@H](C)O2)Oc2ccc(cc2Cl)[C@@H](O)[C@@H]2NC(=O)[C@H](NC(=O)[C@@H]3NC1=O)c1ccc(O)c(c1)-c1c(O)cc(O)cc1[C@@H](C(=O)NC1C3CC4CC(C3)CC1C4)NC2=O. The van der Waals surface area contributed by atoms with Gasteiger partial charge < -0.3 is 133 Å². The van der Waals surface area contributed by atoms with Gasteiger partial charge in [-0.2, -0.15) is 0 Å². The molecule has 37 heteroatoms. The van der Waals surface area contributed by atoms with Crippen molar-refractivity contribution in [3.63, 3.8) is 0 Å². The Morgan fingerprint density at radius 3 is 1.98 bits per heavy atom. The van der Waals surface area contributed by atoms with E-state index in [4.69, 9.17) is 50.5 Å². The van der Waals surface area contributed by atoms with Crippen LogP contribution in [0.3, 0.4) is 0 Å². The average Bonchev–Trinajstić information content (AvgIpc) is 0.741. The van der Waals surface area contributed by atoms with Crippen LogP contribution in [0.25, 0.3) is 11.1 Å². The van der Waals surface area contributed by atoms with Crippen LogP contribution in [0.15, 0.2) is 78.9 Å². The molecule has 19 atom stereocenters. The second-order valence-electron chi connectivity index (χ2n) is 33.9. The molecule has 9 amide bonds. The number of imide groups is 1. The maximum Gasteiger partial charge on any atom is 0.255 e. The van der Waals surface area contributed by atoms with Crippen LogP contribution < -0.4 is 73.1 Å². The van der Waals surface area contributed by atoms with Gasteiger partial charge in [0.05, 0.1) is 42.9 Å². The summed E-state index contributed by atoms with van der Waals surface area (Å²) in [5.74, 6) is -14.0. The molecule has 16 rings (SSSR count). The molecule has 1 unspecified atom stereocenters. The van der Waals surface area contributed by atoms with Crippen molar-refractivity contribution in [1.29, 1.82) is 0 Å². The standard InChI is InChI=1S/C85H108ClN11O25/c1-9-16-89-17-18-116-38(6)76(108)91-60(102)32-52-78(110)93-65-46-28-57(118-55-14-11-42(20-36(55)4)69(103)67(82(114)90-52)96-77(109)51(88-8)19-35(2)3)73(122-84-74(72(106)71(105)59(34-98)120-84)121-61-33-85(7,87)75(107)37(5)117-61)58(29-46)119-56-15-12-43(27-50(56)86)70(104)68-83(115)95-66(81(113)92-63-44-22-39-21-40(24-44)25-45(63)23-39)49-30-47(99)31-54(101)62(49)48-26-41(10-13-53(48)100)64(79(111)97-68)94-80(65)112/h10-15,20,26-31,35,37-40,44-45,51-52,59,61,63-72,74-75,84,88-89,98-101,103-107H,9,16-19,21-25,32-34,87H2,1-8H3,(H,90,114)(H,92,113)(H,93,110)(H,94,112)(H,95,115)(H,96,109)(H,97,111)(H,91,102,108)/t37-,38?,39?,40?,44?,45?,51+,52-,59+,61-,63?,64+,65+,66-,67+,68-,69+,70+,71+,72-,74+,75+,84-,85-/m0/s1. The fraction of sp³-hybridized carbons (Fsp3) is 0.541. The van der Waals surface area contributed by atoms with Crippen LogP contribution in [0.5, 0.6) is 46.0 Å². The smallest absolute Gasteiger partial charge is 0.255 e. The number of phenolic OH excluding ortho intramolecular Hbond substituents is 3. The van der Waals surface area contributed by atoms with E-state index in [0.29, 0.717) is 24.9 Å². The number of carbonyl (C=O) groups is 9. The fourth-order valence-corrected chi connectivity index (χ4v) is 18.3. The number of aryl methyl sites for hydroxylation is 1. The molecule has 15 bridgehead atoms. The molecule has 5 aromatic rings. The number of hydrogen-bond acceptors (Lipinski definition) is 28.